The molecule has 0 radical (unpaired) electrons. The summed E-state index contributed by atoms with van der Waals surface area (Å²) in [6.45, 7) is 0. The average molecular weight is 721 g/mol. The minimum atomic E-state index is 0.0930. The van der Waals surface area contributed by atoms with E-state index in [1.807, 2.05) is 106 Å². The summed E-state index contributed by atoms with van der Waals surface area (Å²) < 4.78 is 50.2. The lowest BCUT2D eigenvalue weighted by molar-refractivity contribution is 0.955. The van der Waals surface area contributed by atoms with Crippen LogP contribution in [0.1, 0.15) is 6.85 Å². The molecule has 11 aromatic rings. The van der Waals surface area contributed by atoms with Crippen LogP contribution < -0.4 is 0 Å². The number of aromatic nitrogens is 5. The minimum Gasteiger partial charge on any atom is -0.309 e. The monoisotopic (exact) mass is 720 g/mol. The van der Waals surface area contributed by atoms with Gasteiger partial charge >= 0.3 is 0 Å². The van der Waals surface area contributed by atoms with Gasteiger partial charge in [-0.3, -0.25) is 4.57 Å². The third kappa shape index (κ3) is 5.21. The highest BCUT2D eigenvalue weighted by molar-refractivity contribution is 6.26. The van der Waals surface area contributed by atoms with E-state index in [9.17, 15) is 4.11 Å². The van der Waals surface area contributed by atoms with Gasteiger partial charge in [0.05, 0.1) is 28.9 Å². The molecule has 0 amide bonds. The third-order valence-corrected chi connectivity index (χ3v) is 10.4. The molecule has 0 N–H and O–H groups in total. The van der Waals surface area contributed by atoms with Gasteiger partial charge in [0, 0.05) is 38.4 Å². The normalized spacial score (nSPS) is 12.8. The average Bonchev–Trinajstić information content (AvgIpc) is 3.81. The fourth-order valence-corrected chi connectivity index (χ4v) is 7.84. The maximum absolute atomic E-state index is 9.84. The number of nitrogens with zero attached hydrogens (tertiary/aromatic N) is 5. The lowest BCUT2D eigenvalue weighted by Gasteiger charge is -2.14. The van der Waals surface area contributed by atoms with Gasteiger partial charge in [-0.1, -0.05) is 164 Å². The molecule has 0 aliphatic carbocycles. The first kappa shape index (κ1) is 27.0. The van der Waals surface area contributed by atoms with E-state index in [2.05, 4.69) is 42.5 Å². The molecule has 8 aromatic carbocycles. The van der Waals surface area contributed by atoms with Crippen molar-refractivity contribution in [3.8, 4) is 56.7 Å². The molecular formula is C51H33N5. The van der Waals surface area contributed by atoms with Gasteiger partial charge in [0.1, 0.15) is 0 Å². The first-order valence-electron chi connectivity index (χ1n) is 20.9. The Labute approximate surface area is 330 Å². The number of fused-ring (bicyclic) bond motifs is 7. The SMILES string of the molecule is [2H]c1cc([2H])c2c(c1)c1c(c([2H])cc3c4cc([2H])cc([2H])c4n(-c4nc(-c5ccccc5)nc(-c5ccccc5)n4)c31)n2-c1cc(-c2ccccc2)cc(-c2ccccc2)c1. The molecule has 3 heterocycles. The van der Waals surface area contributed by atoms with E-state index in [0.717, 1.165) is 39.1 Å². The van der Waals surface area contributed by atoms with Crippen molar-refractivity contribution >= 4 is 43.6 Å². The molecule has 0 bridgehead atoms. The van der Waals surface area contributed by atoms with Crippen LogP contribution in [-0.4, -0.2) is 24.1 Å². The molecule has 11 rings (SSSR count). The Morgan fingerprint density at radius 3 is 1.43 bits per heavy atom. The maximum atomic E-state index is 9.84. The van der Waals surface area contributed by atoms with Crippen molar-refractivity contribution in [2.45, 2.75) is 0 Å². The van der Waals surface area contributed by atoms with Crippen molar-refractivity contribution in [3.63, 3.8) is 0 Å². The van der Waals surface area contributed by atoms with Crippen LogP contribution in [0.5, 0.6) is 0 Å². The second kappa shape index (κ2) is 13.0. The highest BCUT2D eigenvalue weighted by Gasteiger charge is 2.23. The summed E-state index contributed by atoms with van der Waals surface area (Å²) >= 11 is 0. The van der Waals surface area contributed by atoms with Crippen molar-refractivity contribution in [3.05, 3.63) is 200 Å². The van der Waals surface area contributed by atoms with Gasteiger partial charge in [-0.2, -0.15) is 9.97 Å². The predicted molar refractivity (Wildman–Crippen MR) is 230 cm³/mol. The molecule has 5 heteroatoms. The van der Waals surface area contributed by atoms with E-state index in [-0.39, 0.29) is 36.2 Å². The van der Waals surface area contributed by atoms with Crippen molar-refractivity contribution < 1.29 is 6.85 Å². The van der Waals surface area contributed by atoms with Crippen LogP contribution >= 0.6 is 0 Å². The Kier molecular flexibility index (Phi) is 6.29. The standard InChI is InChI=1S/C51H33N5/c1-5-17-34(18-6-1)38-31-39(35-19-7-2-8-20-35)33-40(32-38)55-45-28-16-14-26-43(45)47-46(55)30-29-42-41-25-13-15-27-44(41)56(48(42)47)51-53-49(36-21-9-3-10-22-36)52-50(54-51)37-23-11-4-12-24-37/h1-33H/i13D,14D,27D,28D,30D. The maximum Gasteiger partial charge on any atom is 0.238 e. The molecule has 5 nitrogen and oxygen atoms in total. The number of hydrogen-bond acceptors (Lipinski definition) is 3. The van der Waals surface area contributed by atoms with E-state index in [0.29, 0.717) is 55.3 Å². The minimum absolute atomic E-state index is 0.0930. The van der Waals surface area contributed by atoms with E-state index in [4.69, 9.17) is 17.7 Å². The van der Waals surface area contributed by atoms with Gasteiger partial charge in [-0.05, 0) is 58.6 Å². The Bertz CT molecular complexity index is 3400. The van der Waals surface area contributed by atoms with E-state index in [1.165, 1.54) is 12.1 Å². The second-order valence-corrected chi connectivity index (χ2v) is 13.7. The molecule has 0 unspecified atom stereocenters. The number of para-hydroxylation sites is 2. The van der Waals surface area contributed by atoms with Gasteiger partial charge in [-0.15, -0.1) is 0 Å². The molecule has 0 spiro atoms. The lowest BCUT2D eigenvalue weighted by Crippen LogP contribution is -2.06. The Morgan fingerprint density at radius 2 is 0.875 bits per heavy atom. The molecule has 56 heavy (non-hydrogen) atoms. The zero-order chi connectivity index (χ0) is 41.4. The Balaban J connectivity index is 1.32. The molecule has 0 aliphatic rings. The first-order valence-corrected chi connectivity index (χ1v) is 18.4. The summed E-state index contributed by atoms with van der Waals surface area (Å²) in [6, 6.07) is 55.0. The molecule has 0 saturated carbocycles. The fourth-order valence-electron chi connectivity index (χ4n) is 7.84. The molecule has 0 saturated heterocycles. The van der Waals surface area contributed by atoms with Crippen LogP contribution in [0.15, 0.2) is 200 Å². The van der Waals surface area contributed by atoms with Gasteiger partial charge in [0.15, 0.2) is 11.6 Å². The van der Waals surface area contributed by atoms with Crippen molar-refractivity contribution in [2.75, 3.05) is 0 Å². The molecule has 0 atom stereocenters. The summed E-state index contributed by atoms with van der Waals surface area (Å²) in [4.78, 5) is 15.2. The van der Waals surface area contributed by atoms with Crippen molar-refractivity contribution in [1.82, 2.24) is 24.1 Å². The van der Waals surface area contributed by atoms with E-state index < -0.39 is 0 Å². The molecule has 262 valence electrons. The summed E-state index contributed by atoms with van der Waals surface area (Å²) in [5.41, 5.74) is 8.39. The Hall–Kier alpha value is -7.63. The fraction of sp³-hybridized carbons (Fsp3) is 0. The summed E-state index contributed by atoms with van der Waals surface area (Å²) in [7, 11) is 0. The molecular weight excluding hydrogens is 683 g/mol. The number of hydrogen-bond donors (Lipinski definition) is 0. The molecule has 0 aliphatic heterocycles. The van der Waals surface area contributed by atoms with Crippen molar-refractivity contribution in [2.24, 2.45) is 0 Å². The number of rotatable bonds is 6. The van der Waals surface area contributed by atoms with Gasteiger partial charge in [0.25, 0.3) is 0 Å². The largest absolute Gasteiger partial charge is 0.309 e. The van der Waals surface area contributed by atoms with Crippen LogP contribution in [0, 0.1) is 0 Å². The van der Waals surface area contributed by atoms with Gasteiger partial charge in [0.2, 0.25) is 5.95 Å². The second-order valence-electron chi connectivity index (χ2n) is 13.7. The molecule has 3 aromatic heterocycles. The van der Waals surface area contributed by atoms with E-state index >= 15 is 0 Å². The van der Waals surface area contributed by atoms with Crippen LogP contribution in [0.4, 0.5) is 0 Å². The quantitative estimate of drug-likeness (QED) is 0.172. The topological polar surface area (TPSA) is 48.5 Å². The lowest BCUT2D eigenvalue weighted by atomic mass is 9.98. The summed E-state index contributed by atoms with van der Waals surface area (Å²) in [6.07, 6.45) is 0. The smallest absolute Gasteiger partial charge is 0.238 e. The highest BCUT2D eigenvalue weighted by atomic mass is 15.2. The van der Waals surface area contributed by atoms with Crippen LogP contribution in [0.3, 0.4) is 0 Å². The third-order valence-electron chi connectivity index (χ3n) is 10.4. The van der Waals surface area contributed by atoms with Crippen LogP contribution in [0.2, 0.25) is 0 Å². The van der Waals surface area contributed by atoms with Crippen molar-refractivity contribution in [1.29, 1.82) is 0 Å². The zero-order valence-corrected chi connectivity index (χ0v) is 29.9. The zero-order valence-electron chi connectivity index (χ0n) is 34.9. The summed E-state index contributed by atoms with van der Waals surface area (Å²) in [5.74, 6) is 1.13. The van der Waals surface area contributed by atoms with Crippen LogP contribution in [-0.2, 0) is 0 Å². The first-order chi connectivity index (χ1) is 29.8. The number of benzene rings is 8. The van der Waals surface area contributed by atoms with Gasteiger partial charge < -0.3 is 4.57 Å². The predicted octanol–water partition coefficient (Wildman–Crippen LogP) is 12.7. The van der Waals surface area contributed by atoms with Crippen LogP contribution in [0.25, 0.3) is 100 Å². The van der Waals surface area contributed by atoms with Gasteiger partial charge in [-0.25, -0.2) is 4.98 Å². The summed E-state index contributed by atoms with van der Waals surface area (Å²) in [5, 5.41) is 2.43. The Morgan fingerprint density at radius 1 is 0.375 bits per heavy atom. The highest BCUT2D eigenvalue weighted by Crippen LogP contribution is 2.43. The molecule has 0 fully saturated rings. The van der Waals surface area contributed by atoms with E-state index in [1.54, 1.807) is 18.2 Å².